The van der Waals surface area contributed by atoms with Gasteiger partial charge in [0.25, 0.3) is 0 Å². The fraction of sp³-hybridized carbons (Fsp3) is 0.393. The Morgan fingerprint density at radius 1 is 1.05 bits per heavy atom. The van der Waals surface area contributed by atoms with Gasteiger partial charge in [-0.25, -0.2) is 13.2 Å². The lowest BCUT2D eigenvalue weighted by atomic mass is 10.0. The summed E-state index contributed by atoms with van der Waals surface area (Å²) in [5.41, 5.74) is 6.66. The highest BCUT2D eigenvalue weighted by molar-refractivity contribution is 7.89. The van der Waals surface area contributed by atoms with Crippen molar-refractivity contribution in [1.29, 1.82) is 0 Å². The summed E-state index contributed by atoms with van der Waals surface area (Å²) in [7, 11) is -3.90. The summed E-state index contributed by atoms with van der Waals surface area (Å²) in [6.07, 6.45) is 3.64. The van der Waals surface area contributed by atoms with Crippen molar-refractivity contribution in [1.82, 2.24) is 14.9 Å². The molecule has 2 aromatic rings. The molecule has 1 aliphatic heterocycles. The first-order valence-electron chi connectivity index (χ1n) is 13.2. The monoisotopic (exact) mass is 571 g/mol. The molecule has 1 fully saturated rings. The van der Waals surface area contributed by atoms with Crippen LogP contribution in [-0.4, -0.2) is 60.8 Å². The molecule has 2 atom stereocenters. The van der Waals surface area contributed by atoms with Crippen LogP contribution >= 0.6 is 0 Å². The SMILES string of the molecule is C=C(N)NCCCCCC(=O)Nc1ccc(CC(NC(=O)C2CCCN2S(=O)(=O)c2ccccc2)C(=O)O)cc1. The molecule has 40 heavy (non-hydrogen) atoms. The molecule has 1 saturated heterocycles. The van der Waals surface area contributed by atoms with E-state index < -0.39 is 34.0 Å². The molecule has 0 aromatic heterocycles. The number of hydrogen-bond acceptors (Lipinski definition) is 7. The van der Waals surface area contributed by atoms with Crippen molar-refractivity contribution in [2.45, 2.75) is 61.9 Å². The second-order valence-corrected chi connectivity index (χ2v) is 11.6. The van der Waals surface area contributed by atoms with Crippen LogP contribution in [0.1, 0.15) is 44.1 Å². The van der Waals surface area contributed by atoms with Crippen LogP contribution in [0.4, 0.5) is 5.69 Å². The van der Waals surface area contributed by atoms with Crippen molar-refractivity contribution in [2.24, 2.45) is 5.73 Å². The predicted octanol–water partition coefficient (Wildman–Crippen LogP) is 2.17. The maximum Gasteiger partial charge on any atom is 0.326 e. The molecule has 0 radical (unpaired) electrons. The summed E-state index contributed by atoms with van der Waals surface area (Å²) in [5.74, 6) is -1.57. The molecule has 11 nitrogen and oxygen atoms in total. The third-order valence-electron chi connectivity index (χ3n) is 6.58. The van der Waals surface area contributed by atoms with Gasteiger partial charge < -0.3 is 26.8 Å². The van der Waals surface area contributed by atoms with E-state index >= 15 is 0 Å². The number of amides is 2. The van der Waals surface area contributed by atoms with E-state index in [4.69, 9.17) is 5.73 Å². The molecule has 2 amide bonds. The first-order valence-corrected chi connectivity index (χ1v) is 14.7. The predicted molar refractivity (Wildman–Crippen MR) is 151 cm³/mol. The third kappa shape index (κ3) is 8.82. The lowest BCUT2D eigenvalue weighted by molar-refractivity contribution is -0.142. The number of aliphatic carboxylic acids is 1. The summed E-state index contributed by atoms with van der Waals surface area (Å²) >= 11 is 0. The van der Waals surface area contributed by atoms with E-state index in [1.807, 2.05) is 0 Å². The minimum atomic E-state index is -3.90. The number of benzene rings is 2. The number of unbranched alkanes of at least 4 members (excludes halogenated alkanes) is 2. The highest BCUT2D eigenvalue weighted by Gasteiger charge is 2.40. The number of sulfonamides is 1. The Labute approximate surface area is 234 Å². The zero-order chi connectivity index (χ0) is 29.1. The van der Waals surface area contributed by atoms with Crippen LogP contribution in [0, 0.1) is 0 Å². The van der Waals surface area contributed by atoms with Crippen molar-refractivity contribution >= 4 is 33.5 Å². The van der Waals surface area contributed by atoms with Gasteiger partial charge in [0.1, 0.15) is 12.1 Å². The van der Waals surface area contributed by atoms with Gasteiger partial charge in [0.05, 0.1) is 10.7 Å². The fourth-order valence-electron chi connectivity index (χ4n) is 4.51. The summed E-state index contributed by atoms with van der Waals surface area (Å²) in [4.78, 5) is 37.3. The molecule has 0 spiro atoms. The number of carboxylic acid groups (broad SMARTS) is 1. The minimum absolute atomic E-state index is 0.00326. The van der Waals surface area contributed by atoms with E-state index in [9.17, 15) is 27.9 Å². The molecule has 1 heterocycles. The number of carbonyl (C=O) groups is 3. The normalized spacial score (nSPS) is 16.1. The van der Waals surface area contributed by atoms with Crippen LogP contribution < -0.4 is 21.7 Å². The van der Waals surface area contributed by atoms with Crippen LogP contribution in [0.5, 0.6) is 0 Å². The van der Waals surface area contributed by atoms with Crippen molar-refractivity contribution in [2.75, 3.05) is 18.4 Å². The quantitative estimate of drug-likeness (QED) is 0.202. The van der Waals surface area contributed by atoms with E-state index in [0.29, 0.717) is 42.9 Å². The largest absolute Gasteiger partial charge is 0.480 e. The van der Waals surface area contributed by atoms with Gasteiger partial charge in [-0.15, -0.1) is 0 Å². The molecule has 2 aromatic carbocycles. The maximum atomic E-state index is 13.1. The molecule has 0 aliphatic carbocycles. The third-order valence-corrected chi connectivity index (χ3v) is 8.50. The molecule has 3 rings (SSSR count). The van der Waals surface area contributed by atoms with E-state index in [-0.39, 0.29) is 23.8 Å². The van der Waals surface area contributed by atoms with Crippen molar-refractivity contribution in [3.8, 4) is 0 Å². The molecular formula is C28H37N5O6S. The molecule has 12 heteroatoms. The standard InChI is InChI=1S/C28H37N5O6S/c1-20(29)30-17-7-3-6-12-26(34)31-22-15-13-21(14-16-22)19-24(28(36)37)32-27(35)25-11-8-18-33(25)40(38,39)23-9-4-2-5-10-23/h2,4-5,9-10,13-16,24-25,30H,1,3,6-8,11-12,17-19,29H2,(H,31,34)(H,32,35)(H,36,37). The van der Waals surface area contributed by atoms with E-state index in [1.165, 1.54) is 12.1 Å². The lowest BCUT2D eigenvalue weighted by Crippen LogP contribution is -2.51. The fourth-order valence-corrected chi connectivity index (χ4v) is 6.18. The molecular weight excluding hydrogens is 534 g/mol. The van der Waals surface area contributed by atoms with Gasteiger partial charge in [-0.1, -0.05) is 43.3 Å². The second kappa shape index (κ2) is 14.5. The van der Waals surface area contributed by atoms with E-state index in [1.54, 1.807) is 42.5 Å². The lowest BCUT2D eigenvalue weighted by Gasteiger charge is -2.25. The summed E-state index contributed by atoms with van der Waals surface area (Å²) in [5, 5.41) is 18.0. The van der Waals surface area contributed by atoms with E-state index in [0.717, 1.165) is 23.6 Å². The maximum absolute atomic E-state index is 13.1. The van der Waals surface area contributed by atoms with Gasteiger partial charge in [-0.3, -0.25) is 9.59 Å². The van der Waals surface area contributed by atoms with Gasteiger partial charge in [0, 0.05) is 31.6 Å². The number of nitrogens with one attached hydrogen (secondary N) is 3. The number of carbonyl (C=O) groups excluding carboxylic acids is 2. The van der Waals surface area contributed by atoms with Gasteiger partial charge in [0.2, 0.25) is 21.8 Å². The number of anilines is 1. The Morgan fingerprint density at radius 2 is 1.75 bits per heavy atom. The summed E-state index contributed by atoms with van der Waals surface area (Å²) < 4.78 is 27.3. The number of nitrogens with two attached hydrogens (primary N) is 1. The van der Waals surface area contributed by atoms with Gasteiger partial charge >= 0.3 is 5.97 Å². The van der Waals surface area contributed by atoms with Crippen LogP contribution in [0.15, 0.2) is 71.9 Å². The number of rotatable bonds is 15. The Bertz CT molecular complexity index is 1280. The van der Waals surface area contributed by atoms with Crippen molar-refractivity contribution < 1.29 is 27.9 Å². The number of nitrogens with zero attached hydrogens (tertiary/aromatic N) is 1. The van der Waals surface area contributed by atoms with Crippen LogP contribution in [0.25, 0.3) is 0 Å². The van der Waals surface area contributed by atoms with Gasteiger partial charge in [-0.2, -0.15) is 4.31 Å². The molecule has 1 aliphatic rings. The molecule has 216 valence electrons. The molecule has 0 bridgehead atoms. The number of carboxylic acids is 1. The first kappa shape index (κ1) is 30.6. The number of hydrogen-bond donors (Lipinski definition) is 5. The minimum Gasteiger partial charge on any atom is -0.480 e. The molecule has 0 saturated carbocycles. The highest BCUT2D eigenvalue weighted by Crippen LogP contribution is 2.26. The summed E-state index contributed by atoms with van der Waals surface area (Å²) in [6.45, 7) is 4.45. The average molecular weight is 572 g/mol. The Kier molecular flexibility index (Phi) is 11.1. The Hall–Kier alpha value is -3.90. The van der Waals surface area contributed by atoms with Crippen LogP contribution in [-0.2, 0) is 30.8 Å². The first-order chi connectivity index (χ1) is 19.1. The van der Waals surface area contributed by atoms with Crippen molar-refractivity contribution in [3.05, 3.63) is 72.6 Å². The van der Waals surface area contributed by atoms with Gasteiger partial charge in [-0.05, 0) is 55.5 Å². The zero-order valence-corrected chi connectivity index (χ0v) is 23.2. The molecule has 6 N–H and O–H groups in total. The smallest absolute Gasteiger partial charge is 0.326 e. The Balaban J connectivity index is 1.53. The van der Waals surface area contributed by atoms with Crippen molar-refractivity contribution in [3.63, 3.8) is 0 Å². The van der Waals surface area contributed by atoms with Crippen LogP contribution in [0.3, 0.4) is 0 Å². The topological polar surface area (TPSA) is 171 Å². The second-order valence-electron chi connectivity index (χ2n) is 9.70. The summed E-state index contributed by atoms with van der Waals surface area (Å²) in [6, 6.07) is 12.3. The average Bonchev–Trinajstić information content (AvgIpc) is 3.43. The Morgan fingerprint density at radius 3 is 2.40 bits per heavy atom. The highest BCUT2D eigenvalue weighted by atomic mass is 32.2. The zero-order valence-electron chi connectivity index (χ0n) is 22.3. The van der Waals surface area contributed by atoms with E-state index in [2.05, 4.69) is 22.5 Å². The molecule has 2 unspecified atom stereocenters. The van der Waals surface area contributed by atoms with Crippen LogP contribution in [0.2, 0.25) is 0 Å². The van der Waals surface area contributed by atoms with Gasteiger partial charge in [0.15, 0.2) is 0 Å².